The Bertz CT molecular complexity index is 1740. The van der Waals surface area contributed by atoms with Gasteiger partial charge in [0, 0.05) is 23.3 Å². The van der Waals surface area contributed by atoms with E-state index in [0.717, 1.165) is 66.9 Å². The standard InChI is InChI=1S/C38H54N6O8S2/c1-22(2)30-21-53-35(41-30)29-18-24-14-11-12-15-26(24)34(40-29)51-25-19-31(32(39)45)44(20-25)36(47)28(42-37(48)52-38(3,4)5)16-10-8-6-7-9-13-23-17-27(23)33(46)43-54(49)50/h9,13,18,21-23,25,27-28,31H,6-8,10-12,14-17,19-20H2,1-5H3,(H2,39,45)(H,42,48)(H,43,46)(H,49,50). The number of likely N-dealkylation sites (tertiary alicyclic amines) is 1. The third kappa shape index (κ3) is 11.3. The molecule has 2 fully saturated rings. The van der Waals surface area contributed by atoms with Gasteiger partial charge in [-0.15, -0.1) is 11.3 Å². The lowest BCUT2D eigenvalue weighted by atomic mass is 9.92. The van der Waals surface area contributed by atoms with E-state index in [-0.39, 0.29) is 24.8 Å². The lowest BCUT2D eigenvalue weighted by molar-refractivity contribution is -0.139. The van der Waals surface area contributed by atoms with E-state index in [1.807, 2.05) is 16.9 Å². The summed E-state index contributed by atoms with van der Waals surface area (Å²) in [6.07, 6.45) is 10.6. The summed E-state index contributed by atoms with van der Waals surface area (Å²) in [5.41, 5.74) is 9.07. The van der Waals surface area contributed by atoms with Crippen LogP contribution in [0.15, 0.2) is 23.6 Å². The molecule has 54 heavy (non-hydrogen) atoms. The Morgan fingerprint density at radius 1 is 1.13 bits per heavy atom. The number of nitrogens with one attached hydrogen (secondary N) is 2. The van der Waals surface area contributed by atoms with Crippen molar-refractivity contribution in [3.63, 3.8) is 0 Å². The van der Waals surface area contributed by atoms with Gasteiger partial charge >= 0.3 is 6.09 Å². The highest BCUT2D eigenvalue weighted by molar-refractivity contribution is 7.77. The van der Waals surface area contributed by atoms with Crippen molar-refractivity contribution >= 4 is 46.4 Å². The Morgan fingerprint density at radius 2 is 1.89 bits per heavy atom. The molecule has 5 rings (SSSR count). The summed E-state index contributed by atoms with van der Waals surface area (Å²) in [5, 5.41) is 5.63. The number of nitrogens with two attached hydrogens (primary N) is 1. The van der Waals surface area contributed by atoms with Crippen molar-refractivity contribution in [1.82, 2.24) is 24.9 Å². The van der Waals surface area contributed by atoms with Gasteiger partial charge in [-0.3, -0.25) is 23.7 Å². The molecule has 14 nitrogen and oxygen atoms in total. The van der Waals surface area contributed by atoms with Crippen molar-refractivity contribution in [3.05, 3.63) is 40.4 Å². The summed E-state index contributed by atoms with van der Waals surface area (Å²) in [4.78, 5) is 62.9. The topological polar surface area (TPSA) is 203 Å². The minimum Gasteiger partial charge on any atom is -0.472 e. The van der Waals surface area contributed by atoms with E-state index in [2.05, 4.69) is 30.6 Å². The lowest BCUT2D eigenvalue weighted by Crippen LogP contribution is -2.53. The smallest absolute Gasteiger partial charge is 0.408 e. The second-order valence-electron chi connectivity index (χ2n) is 15.8. The fourth-order valence-corrected chi connectivity index (χ4v) is 8.26. The van der Waals surface area contributed by atoms with Crippen LogP contribution in [0.3, 0.4) is 0 Å². The molecule has 1 saturated heterocycles. The SMILES string of the molecule is CC(C)c1csc(-c2cc3c(c(OC4CC(C(N)=O)N(C(=O)C(CCCCCC=CC5CC5C(=O)NS(=O)O)NC(=O)OC(C)(C)C)C4)n2)CCCC3)n1. The van der Waals surface area contributed by atoms with Gasteiger partial charge in [-0.1, -0.05) is 38.8 Å². The fraction of sp³-hybridized carbons (Fsp3) is 0.632. The van der Waals surface area contributed by atoms with Gasteiger partial charge in [0.05, 0.1) is 12.2 Å². The maximum absolute atomic E-state index is 14.2. The van der Waals surface area contributed by atoms with Crippen LogP contribution < -0.4 is 20.5 Å². The minimum atomic E-state index is -2.36. The van der Waals surface area contributed by atoms with Gasteiger partial charge < -0.3 is 25.4 Å². The van der Waals surface area contributed by atoms with Gasteiger partial charge in [0.2, 0.25) is 23.6 Å². The highest BCUT2D eigenvalue weighted by atomic mass is 32.2. The normalized spacial score (nSPS) is 22.1. The molecule has 6 unspecified atom stereocenters. The van der Waals surface area contributed by atoms with E-state index in [1.165, 1.54) is 10.5 Å². The predicted octanol–water partition coefficient (Wildman–Crippen LogP) is 5.33. The third-order valence-corrected chi connectivity index (χ3v) is 11.1. The number of allylic oxidation sites excluding steroid dienone is 2. The number of primary amides is 1. The zero-order valence-corrected chi connectivity index (χ0v) is 33.4. The molecule has 2 aromatic rings. The highest BCUT2D eigenvalue weighted by Crippen LogP contribution is 2.40. The molecule has 6 atom stereocenters. The van der Waals surface area contributed by atoms with E-state index in [4.69, 9.17) is 29.7 Å². The number of alkyl carbamates (subject to hydrolysis) is 1. The molecule has 5 N–H and O–H groups in total. The summed E-state index contributed by atoms with van der Waals surface area (Å²) in [6.45, 7) is 9.54. The largest absolute Gasteiger partial charge is 0.472 e. The van der Waals surface area contributed by atoms with Crippen LogP contribution in [0.1, 0.15) is 115 Å². The van der Waals surface area contributed by atoms with Gasteiger partial charge in [-0.25, -0.2) is 19.0 Å². The Kier molecular flexibility index (Phi) is 13.9. The number of carbonyl (C=O) groups is 4. The molecular weight excluding hydrogens is 733 g/mol. The van der Waals surface area contributed by atoms with Crippen LogP contribution in [0.4, 0.5) is 4.79 Å². The summed E-state index contributed by atoms with van der Waals surface area (Å²) in [5.74, 6) is -0.928. The first-order chi connectivity index (χ1) is 25.6. The number of hydrogen-bond donors (Lipinski definition) is 4. The Balaban J connectivity index is 1.24. The van der Waals surface area contributed by atoms with Crippen LogP contribution in [-0.2, 0) is 43.2 Å². The maximum Gasteiger partial charge on any atom is 0.408 e. The number of hydrogen-bond acceptors (Lipinski definition) is 10. The zero-order chi connectivity index (χ0) is 39.2. The molecule has 3 heterocycles. The number of carbonyl (C=O) groups excluding carboxylic acids is 4. The fourth-order valence-electron chi connectivity index (χ4n) is 6.99. The number of unbranched alkanes of at least 4 members (excludes halogenated alkanes) is 3. The molecule has 3 aliphatic rings. The molecule has 0 spiro atoms. The van der Waals surface area contributed by atoms with Crippen LogP contribution in [0.25, 0.3) is 10.7 Å². The molecule has 1 saturated carbocycles. The van der Waals surface area contributed by atoms with Crippen molar-refractivity contribution in [1.29, 1.82) is 0 Å². The van der Waals surface area contributed by atoms with Gasteiger partial charge in [-0.05, 0) is 95.6 Å². The van der Waals surface area contributed by atoms with Crippen LogP contribution >= 0.6 is 11.3 Å². The van der Waals surface area contributed by atoms with Crippen LogP contribution in [0.2, 0.25) is 0 Å². The molecule has 2 aliphatic carbocycles. The van der Waals surface area contributed by atoms with Crippen LogP contribution in [0.5, 0.6) is 5.88 Å². The summed E-state index contributed by atoms with van der Waals surface area (Å²) >= 11 is -0.811. The number of aryl methyl sites for hydroxylation is 1. The Labute approximate surface area is 323 Å². The predicted molar refractivity (Wildman–Crippen MR) is 206 cm³/mol. The molecule has 2 aromatic heterocycles. The first-order valence-corrected chi connectivity index (χ1v) is 20.9. The van der Waals surface area contributed by atoms with Gasteiger partial charge in [0.15, 0.2) is 0 Å². The number of rotatable bonds is 16. The monoisotopic (exact) mass is 786 g/mol. The molecule has 0 aromatic carbocycles. The number of thiazole rings is 1. The number of amides is 4. The summed E-state index contributed by atoms with van der Waals surface area (Å²) in [6, 6.07) is 0.236. The summed E-state index contributed by atoms with van der Waals surface area (Å²) in [7, 11) is 0. The Hall–Kier alpha value is -3.89. The zero-order valence-electron chi connectivity index (χ0n) is 31.8. The number of pyridine rings is 1. The second-order valence-corrected chi connectivity index (χ2v) is 17.3. The average Bonchev–Trinajstić information content (AvgIpc) is 3.47. The average molecular weight is 787 g/mol. The number of aromatic nitrogens is 2. The summed E-state index contributed by atoms with van der Waals surface area (Å²) < 4.78 is 33.7. The molecule has 0 bridgehead atoms. The Morgan fingerprint density at radius 3 is 2.57 bits per heavy atom. The van der Waals surface area contributed by atoms with E-state index >= 15 is 0 Å². The molecule has 296 valence electrons. The molecular formula is C38H54N6O8S2. The van der Waals surface area contributed by atoms with Gasteiger partial charge in [0.25, 0.3) is 11.3 Å². The van der Waals surface area contributed by atoms with E-state index in [9.17, 15) is 23.4 Å². The van der Waals surface area contributed by atoms with Crippen molar-refractivity contribution in [2.45, 2.75) is 135 Å². The number of ether oxygens (including phenoxy) is 2. The molecule has 0 radical (unpaired) electrons. The van der Waals surface area contributed by atoms with Crippen LogP contribution in [-0.4, -0.2) is 77.8 Å². The quantitative estimate of drug-likeness (QED) is 0.0979. The molecule has 4 amide bonds. The van der Waals surface area contributed by atoms with Crippen molar-refractivity contribution in [2.75, 3.05) is 6.54 Å². The first-order valence-electron chi connectivity index (χ1n) is 18.9. The lowest BCUT2D eigenvalue weighted by Gasteiger charge is -2.28. The van der Waals surface area contributed by atoms with E-state index < -0.39 is 58.9 Å². The van der Waals surface area contributed by atoms with Crippen molar-refractivity contribution in [2.24, 2.45) is 17.6 Å². The van der Waals surface area contributed by atoms with E-state index in [0.29, 0.717) is 31.1 Å². The number of nitrogens with zero attached hydrogens (tertiary/aromatic N) is 3. The minimum absolute atomic E-state index is 0.0566. The maximum atomic E-state index is 14.2. The van der Waals surface area contributed by atoms with Crippen molar-refractivity contribution in [3.8, 4) is 16.6 Å². The molecule has 1 aliphatic heterocycles. The highest BCUT2D eigenvalue weighted by Gasteiger charge is 2.43. The third-order valence-electron chi connectivity index (χ3n) is 9.89. The van der Waals surface area contributed by atoms with Gasteiger partial charge in [-0.2, -0.15) is 0 Å². The number of fused-ring (bicyclic) bond motifs is 1. The van der Waals surface area contributed by atoms with Crippen LogP contribution in [0, 0.1) is 11.8 Å². The second kappa shape index (κ2) is 18.2. The van der Waals surface area contributed by atoms with Gasteiger partial charge in [0.1, 0.15) is 34.5 Å². The van der Waals surface area contributed by atoms with E-state index in [1.54, 1.807) is 32.1 Å². The van der Waals surface area contributed by atoms with Crippen molar-refractivity contribution < 1.29 is 37.4 Å². The molecule has 16 heteroatoms. The first kappa shape index (κ1) is 41.3.